The summed E-state index contributed by atoms with van der Waals surface area (Å²) in [7, 11) is 0. The predicted molar refractivity (Wildman–Crippen MR) is 253 cm³/mol. The summed E-state index contributed by atoms with van der Waals surface area (Å²) in [5.74, 6) is -4.29. The van der Waals surface area contributed by atoms with Crippen molar-refractivity contribution in [2.75, 3.05) is 52.7 Å². The Balaban J connectivity index is 5.46. The first-order chi connectivity index (χ1) is 32.0. The van der Waals surface area contributed by atoms with E-state index in [-0.39, 0.29) is 70.5 Å². The molecule has 0 aliphatic heterocycles. The number of hydrogen-bond donors (Lipinski definition) is 1. The zero-order valence-electron chi connectivity index (χ0n) is 41.8. The minimum absolute atomic E-state index is 0.00757. The second-order valence-corrected chi connectivity index (χ2v) is 17.2. The molecule has 0 aromatic rings. The van der Waals surface area contributed by atoms with Crippen LogP contribution < -0.4 is 5.32 Å². The number of hydrogen-bond acceptors (Lipinski definition) is 15. The second kappa shape index (κ2) is 45.1. The maximum atomic E-state index is 13.9. The first-order valence-corrected chi connectivity index (χ1v) is 25.9. The summed E-state index contributed by atoms with van der Waals surface area (Å²) in [6.45, 7) is 9.95. The van der Waals surface area contributed by atoms with Crippen molar-refractivity contribution < 1.29 is 66.7 Å². The van der Waals surface area contributed by atoms with Crippen LogP contribution in [0.2, 0.25) is 0 Å². The summed E-state index contributed by atoms with van der Waals surface area (Å²) >= 11 is 0. The number of esters is 7. The summed E-state index contributed by atoms with van der Waals surface area (Å²) in [5, 5.41) is 3.10. The van der Waals surface area contributed by atoms with Crippen molar-refractivity contribution in [1.29, 1.82) is 0 Å². The summed E-state index contributed by atoms with van der Waals surface area (Å²) < 4.78 is 38.3. The SMILES string of the molecule is CCCCCCCC(=O)OCCCCCOC(=O)CC(CC(=O)OCCCCCOC(=O)CCCCCCC)(OC(=O)CCNCCC)C(=O)OCCCCCOC(=O)CCCCCCC. The monoisotopic (exact) mass is 942 g/mol. The fourth-order valence-electron chi connectivity index (χ4n) is 6.85. The van der Waals surface area contributed by atoms with Crippen LogP contribution in [-0.2, 0) is 66.7 Å². The van der Waals surface area contributed by atoms with E-state index >= 15 is 0 Å². The van der Waals surface area contributed by atoms with E-state index in [9.17, 15) is 33.6 Å². The summed E-state index contributed by atoms with van der Waals surface area (Å²) in [5.41, 5.74) is -2.35. The number of unbranched alkanes of at least 4 members (excludes halogenated alkanes) is 18. The molecule has 0 spiro atoms. The van der Waals surface area contributed by atoms with Crippen LogP contribution in [0.25, 0.3) is 0 Å². The molecule has 384 valence electrons. The molecule has 0 radical (unpaired) electrons. The molecule has 0 saturated heterocycles. The van der Waals surface area contributed by atoms with Crippen LogP contribution in [0.5, 0.6) is 0 Å². The Labute approximate surface area is 397 Å². The number of ether oxygens (including phenoxy) is 7. The average molecular weight is 942 g/mol. The van der Waals surface area contributed by atoms with Crippen LogP contribution in [0.1, 0.15) is 227 Å². The Bertz CT molecular complexity index is 1220. The quantitative estimate of drug-likeness (QED) is 0.0343. The Morgan fingerprint density at radius 2 is 0.636 bits per heavy atom. The molecule has 1 N–H and O–H groups in total. The van der Waals surface area contributed by atoms with Gasteiger partial charge in [0.05, 0.1) is 58.9 Å². The van der Waals surface area contributed by atoms with E-state index in [1.54, 1.807) is 0 Å². The second-order valence-electron chi connectivity index (χ2n) is 17.2. The largest absolute Gasteiger partial charge is 0.466 e. The molecule has 0 amide bonds. The van der Waals surface area contributed by atoms with E-state index in [1.165, 1.54) is 0 Å². The van der Waals surface area contributed by atoms with Gasteiger partial charge in [0.1, 0.15) is 0 Å². The van der Waals surface area contributed by atoms with Gasteiger partial charge in [-0.2, -0.15) is 0 Å². The molecule has 0 bridgehead atoms. The Morgan fingerprint density at radius 3 is 0.985 bits per heavy atom. The smallest absolute Gasteiger partial charge is 0.351 e. The number of carbonyl (C=O) groups excluding carboxylic acids is 7. The first-order valence-electron chi connectivity index (χ1n) is 25.9. The molecule has 0 aliphatic carbocycles. The fraction of sp³-hybridized carbons (Fsp3) is 0.863. The normalized spacial score (nSPS) is 11.2. The predicted octanol–water partition coefficient (Wildman–Crippen LogP) is 10.3. The molecule has 0 heterocycles. The van der Waals surface area contributed by atoms with E-state index in [4.69, 9.17) is 33.2 Å². The van der Waals surface area contributed by atoms with Gasteiger partial charge in [0, 0.05) is 25.8 Å². The third-order valence-corrected chi connectivity index (χ3v) is 10.8. The highest BCUT2D eigenvalue weighted by Gasteiger charge is 2.49. The first kappa shape index (κ1) is 62.2. The molecule has 66 heavy (non-hydrogen) atoms. The molecule has 0 fully saturated rings. The van der Waals surface area contributed by atoms with Crippen molar-refractivity contribution in [2.45, 2.75) is 232 Å². The topological polar surface area (TPSA) is 196 Å². The lowest BCUT2D eigenvalue weighted by molar-refractivity contribution is -0.191. The van der Waals surface area contributed by atoms with Crippen molar-refractivity contribution in [3.05, 3.63) is 0 Å². The van der Waals surface area contributed by atoms with Gasteiger partial charge in [0.15, 0.2) is 0 Å². The lowest BCUT2D eigenvalue weighted by atomic mass is 9.94. The third-order valence-electron chi connectivity index (χ3n) is 10.8. The standard InChI is InChI=1S/C51H91NO14/c1-5-9-12-15-21-30-44(53)60-36-24-18-27-39-63-48(57)42-51(66-47(56)33-35-52-34-8-4,50(59)65-41-29-20-26-38-62-46(55)32-23-17-14-11-7-3)43-49(58)64-40-28-19-25-37-61-45(54)31-22-16-13-10-6-2/h52H,5-43H2,1-4H3. The van der Waals surface area contributed by atoms with Crippen molar-refractivity contribution >= 4 is 41.8 Å². The van der Waals surface area contributed by atoms with Gasteiger partial charge < -0.3 is 38.5 Å². The van der Waals surface area contributed by atoms with Crippen LogP contribution in [0.15, 0.2) is 0 Å². The van der Waals surface area contributed by atoms with Gasteiger partial charge in [0.25, 0.3) is 0 Å². The third kappa shape index (κ3) is 38.4. The molecule has 0 aromatic carbocycles. The Kier molecular flexibility index (Phi) is 42.5. The number of carbonyl (C=O) groups is 7. The molecule has 0 unspecified atom stereocenters. The zero-order chi connectivity index (χ0) is 48.8. The van der Waals surface area contributed by atoms with Gasteiger partial charge in [-0.1, -0.05) is 105 Å². The van der Waals surface area contributed by atoms with Crippen LogP contribution in [0.4, 0.5) is 0 Å². The van der Waals surface area contributed by atoms with Crippen LogP contribution in [0, 0.1) is 0 Å². The highest BCUT2D eigenvalue weighted by Crippen LogP contribution is 2.27. The van der Waals surface area contributed by atoms with E-state index in [1.807, 2.05) is 6.92 Å². The van der Waals surface area contributed by atoms with Gasteiger partial charge in [-0.15, -0.1) is 0 Å². The molecule has 0 saturated carbocycles. The lowest BCUT2D eigenvalue weighted by Gasteiger charge is -2.30. The fourth-order valence-corrected chi connectivity index (χ4v) is 6.85. The maximum absolute atomic E-state index is 13.9. The van der Waals surface area contributed by atoms with Crippen LogP contribution in [0.3, 0.4) is 0 Å². The summed E-state index contributed by atoms with van der Waals surface area (Å²) in [6, 6.07) is 0. The van der Waals surface area contributed by atoms with Crippen LogP contribution in [-0.4, -0.2) is 100 Å². The van der Waals surface area contributed by atoms with Gasteiger partial charge in [-0.3, -0.25) is 28.8 Å². The molecule has 0 aromatic heterocycles. The lowest BCUT2D eigenvalue weighted by Crippen LogP contribution is -2.49. The van der Waals surface area contributed by atoms with E-state index in [0.29, 0.717) is 83.6 Å². The molecule has 0 atom stereocenters. The van der Waals surface area contributed by atoms with Gasteiger partial charge in [-0.25, -0.2) is 4.79 Å². The van der Waals surface area contributed by atoms with Crippen molar-refractivity contribution in [3.63, 3.8) is 0 Å². The van der Waals surface area contributed by atoms with Gasteiger partial charge in [-0.05, 0) is 90.0 Å². The van der Waals surface area contributed by atoms with E-state index in [0.717, 1.165) is 103 Å². The molecular weight excluding hydrogens is 851 g/mol. The van der Waals surface area contributed by atoms with E-state index < -0.39 is 42.3 Å². The van der Waals surface area contributed by atoms with Gasteiger partial charge in [0.2, 0.25) is 5.60 Å². The molecule has 15 heteroatoms. The van der Waals surface area contributed by atoms with Crippen molar-refractivity contribution in [1.82, 2.24) is 5.32 Å². The average Bonchev–Trinajstić information content (AvgIpc) is 3.29. The number of nitrogens with one attached hydrogen (secondary N) is 1. The van der Waals surface area contributed by atoms with Crippen molar-refractivity contribution in [3.8, 4) is 0 Å². The molecular formula is C51H91NO14. The van der Waals surface area contributed by atoms with Crippen molar-refractivity contribution in [2.24, 2.45) is 0 Å². The zero-order valence-corrected chi connectivity index (χ0v) is 41.8. The highest BCUT2D eigenvalue weighted by molar-refractivity contribution is 5.92. The summed E-state index contributed by atoms with van der Waals surface area (Å²) in [6.07, 6.45) is 20.7. The Morgan fingerprint density at radius 1 is 0.318 bits per heavy atom. The molecule has 0 aliphatic rings. The number of rotatable bonds is 47. The van der Waals surface area contributed by atoms with E-state index in [2.05, 4.69) is 26.1 Å². The minimum atomic E-state index is -2.35. The molecule has 15 nitrogen and oxygen atoms in total. The summed E-state index contributed by atoms with van der Waals surface area (Å²) in [4.78, 5) is 90.0. The Hall–Kier alpha value is -3.75. The van der Waals surface area contributed by atoms with Crippen LogP contribution >= 0.6 is 0 Å². The highest BCUT2D eigenvalue weighted by atomic mass is 16.6. The van der Waals surface area contributed by atoms with Gasteiger partial charge >= 0.3 is 41.8 Å². The maximum Gasteiger partial charge on any atom is 0.351 e. The minimum Gasteiger partial charge on any atom is -0.466 e. The molecule has 0 rings (SSSR count).